The molecule has 0 bridgehead atoms. The number of anilines is 1. The molecule has 2 aliphatic rings. The number of aromatic nitrogens is 4. The van der Waals surface area contributed by atoms with Crippen LogP contribution in [0.1, 0.15) is 30.1 Å². The number of nitriles is 1. The molecular formula is C21H20ClN7. The molecule has 0 saturated carbocycles. The number of pyridine rings is 1. The summed E-state index contributed by atoms with van der Waals surface area (Å²) < 4.78 is 1.79. The van der Waals surface area contributed by atoms with Crippen molar-refractivity contribution in [3.63, 3.8) is 0 Å². The first-order valence-electron chi connectivity index (χ1n) is 9.77. The minimum Gasteiger partial charge on any atom is -0.353 e. The van der Waals surface area contributed by atoms with Gasteiger partial charge in [-0.3, -0.25) is 4.90 Å². The lowest BCUT2D eigenvalue weighted by Gasteiger charge is -2.40. The van der Waals surface area contributed by atoms with Crippen molar-refractivity contribution in [1.82, 2.24) is 24.9 Å². The van der Waals surface area contributed by atoms with Crippen LogP contribution < -0.4 is 4.90 Å². The molecule has 146 valence electrons. The molecule has 2 saturated heterocycles. The molecule has 3 aromatic rings. The number of halogens is 1. The Kier molecular flexibility index (Phi) is 4.66. The van der Waals surface area contributed by atoms with Gasteiger partial charge < -0.3 is 4.90 Å². The van der Waals surface area contributed by atoms with Gasteiger partial charge in [0.1, 0.15) is 17.6 Å². The van der Waals surface area contributed by atoms with Crippen molar-refractivity contribution in [3.8, 4) is 11.8 Å². The van der Waals surface area contributed by atoms with Crippen molar-refractivity contribution in [3.05, 3.63) is 65.1 Å². The van der Waals surface area contributed by atoms with E-state index in [1.807, 2.05) is 42.6 Å². The van der Waals surface area contributed by atoms with Gasteiger partial charge in [-0.15, -0.1) is 5.10 Å². The quantitative estimate of drug-likeness (QED) is 0.666. The molecule has 2 fully saturated rings. The largest absolute Gasteiger partial charge is 0.353 e. The van der Waals surface area contributed by atoms with Gasteiger partial charge in [-0.1, -0.05) is 22.9 Å². The highest BCUT2D eigenvalue weighted by Crippen LogP contribution is 2.38. The normalized spacial score (nSPS) is 21.7. The number of hydrogen-bond donors (Lipinski definition) is 0. The fourth-order valence-corrected chi connectivity index (χ4v) is 4.66. The van der Waals surface area contributed by atoms with Crippen LogP contribution >= 0.6 is 11.6 Å². The maximum Gasteiger partial charge on any atom is 0.146 e. The fourth-order valence-electron chi connectivity index (χ4n) is 4.47. The summed E-state index contributed by atoms with van der Waals surface area (Å²) in [5, 5.41) is 18.8. The van der Waals surface area contributed by atoms with Crippen LogP contribution in [0.2, 0.25) is 5.02 Å². The predicted molar refractivity (Wildman–Crippen MR) is 110 cm³/mol. The molecule has 2 unspecified atom stereocenters. The van der Waals surface area contributed by atoms with Gasteiger partial charge in [0.15, 0.2) is 0 Å². The van der Waals surface area contributed by atoms with Crippen LogP contribution in [0.4, 0.5) is 5.82 Å². The number of fused-ring (bicyclic) bond motifs is 1. The van der Waals surface area contributed by atoms with E-state index < -0.39 is 0 Å². The average molecular weight is 406 g/mol. The molecule has 2 aromatic heterocycles. The highest BCUT2D eigenvalue weighted by Gasteiger charge is 2.39. The molecule has 8 heteroatoms. The van der Waals surface area contributed by atoms with Crippen molar-refractivity contribution in [2.24, 2.45) is 0 Å². The molecule has 29 heavy (non-hydrogen) atoms. The van der Waals surface area contributed by atoms with Gasteiger partial charge in [0, 0.05) is 36.9 Å². The van der Waals surface area contributed by atoms with E-state index in [2.05, 4.69) is 31.2 Å². The first-order valence-corrected chi connectivity index (χ1v) is 10.1. The lowest BCUT2D eigenvalue weighted by Crippen LogP contribution is -2.51. The highest BCUT2D eigenvalue weighted by atomic mass is 35.5. The van der Waals surface area contributed by atoms with Crippen LogP contribution in [-0.2, 0) is 0 Å². The molecule has 0 N–H and O–H groups in total. The maximum absolute atomic E-state index is 9.39. The Bertz CT molecular complexity index is 1070. The van der Waals surface area contributed by atoms with Crippen LogP contribution in [0.3, 0.4) is 0 Å². The van der Waals surface area contributed by atoms with Crippen LogP contribution in [0, 0.1) is 11.3 Å². The Hall–Kier alpha value is -2.95. The zero-order valence-electron chi connectivity index (χ0n) is 15.8. The second-order valence-corrected chi connectivity index (χ2v) is 7.92. The summed E-state index contributed by atoms with van der Waals surface area (Å²) in [6.45, 7) is 2.65. The zero-order valence-corrected chi connectivity index (χ0v) is 16.6. The first-order chi connectivity index (χ1) is 14.2. The molecule has 4 heterocycles. The molecule has 5 rings (SSSR count). The Morgan fingerprint density at radius 1 is 1.14 bits per heavy atom. The molecule has 0 amide bonds. The zero-order chi connectivity index (χ0) is 19.8. The summed E-state index contributed by atoms with van der Waals surface area (Å²) in [5.41, 5.74) is 2.55. The number of hydrogen-bond acceptors (Lipinski definition) is 6. The van der Waals surface area contributed by atoms with Crippen molar-refractivity contribution in [2.75, 3.05) is 24.5 Å². The van der Waals surface area contributed by atoms with E-state index in [1.54, 1.807) is 10.9 Å². The molecule has 0 radical (unpaired) electrons. The van der Waals surface area contributed by atoms with Gasteiger partial charge in [0.25, 0.3) is 0 Å². The summed E-state index contributed by atoms with van der Waals surface area (Å²) in [4.78, 5) is 9.22. The smallest absolute Gasteiger partial charge is 0.146 e. The van der Waals surface area contributed by atoms with Crippen LogP contribution in [0.15, 0.2) is 48.8 Å². The van der Waals surface area contributed by atoms with Gasteiger partial charge in [0.2, 0.25) is 0 Å². The van der Waals surface area contributed by atoms with Crippen molar-refractivity contribution < 1.29 is 0 Å². The third-order valence-corrected chi connectivity index (χ3v) is 6.07. The van der Waals surface area contributed by atoms with E-state index in [0.717, 1.165) is 49.7 Å². The van der Waals surface area contributed by atoms with Crippen LogP contribution in [-0.4, -0.2) is 50.6 Å². The van der Waals surface area contributed by atoms with Crippen molar-refractivity contribution in [1.29, 1.82) is 5.26 Å². The van der Waals surface area contributed by atoms with Gasteiger partial charge in [-0.25, -0.2) is 9.67 Å². The molecule has 7 nitrogen and oxygen atoms in total. The van der Waals surface area contributed by atoms with Gasteiger partial charge in [0.05, 0.1) is 23.5 Å². The first kappa shape index (κ1) is 18.1. The summed E-state index contributed by atoms with van der Waals surface area (Å²) in [5.74, 6) is 0.796. The Morgan fingerprint density at radius 2 is 2.07 bits per heavy atom. The van der Waals surface area contributed by atoms with E-state index in [-0.39, 0.29) is 6.04 Å². The lowest BCUT2D eigenvalue weighted by atomic mass is 10.1. The Labute approximate surface area is 174 Å². The number of piperazine rings is 1. The van der Waals surface area contributed by atoms with Crippen LogP contribution in [0.25, 0.3) is 5.69 Å². The number of benzene rings is 1. The fraction of sp³-hybridized carbons (Fsp3) is 0.333. The minimum absolute atomic E-state index is 0.272. The average Bonchev–Trinajstić information content (AvgIpc) is 3.40. The van der Waals surface area contributed by atoms with Gasteiger partial charge >= 0.3 is 0 Å². The standard InChI is InChI=1S/C21H20ClN7/c22-16-4-1-5-17(11-16)29-14-19(25-26-29)20-7-6-18-13-27(9-10-28(18)20)21-15(12-23)3-2-8-24-21/h1-5,8,11,14,18,20H,6-7,9-10,13H2. The summed E-state index contributed by atoms with van der Waals surface area (Å²) in [6, 6.07) is 14.2. The topological polar surface area (TPSA) is 73.9 Å². The maximum atomic E-state index is 9.39. The van der Waals surface area contributed by atoms with Crippen molar-refractivity contribution >= 4 is 17.4 Å². The highest BCUT2D eigenvalue weighted by molar-refractivity contribution is 6.30. The van der Waals surface area contributed by atoms with Crippen LogP contribution in [0.5, 0.6) is 0 Å². The third-order valence-electron chi connectivity index (χ3n) is 5.83. The monoisotopic (exact) mass is 405 g/mol. The van der Waals surface area contributed by atoms with E-state index in [9.17, 15) is 5.26 Å². The van der Waals surface area contributed by atoms with E-state index in [4.69, 9.17) is 11.6 Å². The predicted octanol–water partition coefficient (Wildman–Crippen LogP) is 3.21. The van der Waals surface area contributed by atoms with E-state index in [0.29, 0.717) is 16.6 Å². The molecule has 2 aliphatic heterocycles. The second kappa shape index (κ2) is 7.47. The molecule has 1 aromatic carbocycles. The Morgan fingerprint density at radius 3 is 2.93 bits per heavy atom. The molecule has 0 spiro atoms. The number of nitrogens with zero attached hydrogens (tertiary/aromatic N) is 7. The van der Waals surface area contributed by atoms with Gasteiger partial charge in [-0.05, 0) is 43.2 Å². The summed E-state index contributed by atoms with van der Waals surface area (Å²) in [7, 11) is 0. The van der Waals surface area contributed by atoms with E-state index in [1.165, 1.54) is 0 Å². The SMILES string of the molecule is N#Cc1cccnc1N1CCN2C(CCC2c2cn(-c3cccc(Cl)c3)nn2)C1. The Balaban J connectivity index is 1.33. The third kappa shape index (κ3) is 3.35. The minimum atomic E-state index is 0.272. The lowest BCUT2D eigenvalue weighted by molar-refractivity contribution is 0.173. The summed E-state index contributed by atoms with van der Waals surface area (Å²) >= 11 is 6.11. The van der Waals surface area contributed by atoms with Crippen molar-refractivity contribution in [2.45, 2.75) is 24.9 Å². The molecule has 0 aliphatic carbocycles. The van der Waals surface area contributed by atoms with Gasteiger partial charge in [-0.2, -0.15) is 5.26 Å². The van der Waals surface area contributed by atoms with E-state index >= 15 is 0 Å². The second-order valence-electron chi connectivity index (χ2n) is 7.49. The number of rotatable bonds is 3. The molecular weight excluding hydrogens is 386 g/mol. The summed E-state index contributed by atoms with van der Waals surface area (Å²) in [6.07, 6.45) is 5.92. The molecule has 2 atom stereocenters.